The van der Waals surface area contributed by atoms with Crippen molar-refractivity contribution in [2.45, 2.75) is 53.1 Å². The van der Waals surface area contributed by atoms with E-state index < -0.39 is 16.1 Å². The fourth-order valence-corrected chi connectivity index (χ4v) is 4.37. The maximum Gasteiger partial charge on any atom is 0.244 e. The second kappa shape index (κ2) is 8.78. The van der Waals surface area contributed by atoms with Crippen LogP contribution in [0.5, 0.6) is 0 Å². The first-order chi connectivity index (χ1) is 13.0. The van der Waals surface area contributed by atoms with Crippen LogP contribution in [0.15, 0.2) is 42.5 Å². The average molecular weight is 403 g/mol. The number of nitrogens with zero attached hydrogens (tertiary/aromatic N) is 1. The molecule has 0 spiro atoms. The largest absolute Gasteiger partial charge is 0.347 e. The lowest BCUT2D eigenvalue weighted by molar-refractivity contribution is -0.122. The van der Waals surface area contributed by atoms with Gasteiger partial charge in [-0.05, 0) is 62.9 Å². The van der Waals surface area contributed by atoms with E-state index in [0.29, 0.717) is 12.1 Å². The summed E-state index contributed by atoms with van der Waals surface area (Å²) in [6, 6.07) is 12.2. The molecule has 0 radical (unpaired) electrons. The molecule has 152 valence electrons. The van der Waals surface area contributed by atoms with Gasteiger partial charge in [-0.3, -0.25) is 9.10 Å². The van der Waals surface area contributed by atoms with Crippen molar-refractivity contribution in [2.75, 3.05) is 10.6 Å². The van der Waals surface area contributed by atoms with Crippen LogP contribution in [0, 0.1) is 20.8 Å². The lowest BCUT2D eigenvalue weighted by atomic mass is 9.99. The molecule has 5 nitrogen and oxygen atoms in total. The van der Waals surface area contributed by atoms with Gasteiger partial charge >= 0.3 is 0 Å². The Morgan fingerprint density at radius 2 is 1.64 bits per heavy atom. The van der Waals surface area contributed by atoms with Crippen LogP contribution >= 0.6 is 0 Å². The number of hydrogen-bond acceptors (Lipinski definition) is 3. The average Bonchev–Trinajstić information content (AvgIpc) is 2.62. The molecule has 0 aromatic heterocycles. The van der Waals surface area contributed by atoms with E-state index in [-0.39, 0.29) is 11.9 Å². The summed E-state index contributed by atoms with van der Waals surface area (Å²) in [5, 5.41) is 3.02. The van der Waals surface area contributed by atoms with Crippen LogP contribution < -0.4 is 9.62 Å². The van der Waals surface area contributed by atoms with Crippen LogP contribution in [0.3, 0.4) is 0 Å². The number of amides is 1. The summed E-state index contributed by atoms with van der Waals surface area (Å²) < 4.78 is 26.0. The summed E-state index contributed by atoms with van der Waals surface area (Å²) in [7, 11) is -3.62. The van der Waals surface area contributed by atoms with E-state index in [1.54, 1.807) is 19.1 Å². The number of benzene rings is 2. The van der Waals surface area contributed by atoms with E-state index in [4.69, 9.17) is 0 Å². The van der Waals surface area contributed by atoms with Gasteiger partial charge in [-0.15, -0.1) is 0 Å². The molecule has 0 bridgehead atoms. The third kappa shape index (κ3) is 5.13. The third-order valence-corrected chi connectivity index (χ3v) is 6.28. The molecule has 0 unspecified atom stereocenters. The van der Waals surface area contributed by atoms with Gasteiger partial charge in [-0.1, -0.05) is 42.8 Å². The van der Waals surface area contributed by atoms with Crippen LogP contribution in [0.1, 0.15) is 48.6 Å². The minimum atomic E-state index is -3.62. The highest BCUT2D eigenvalue weighted by Gasteiger charge is 2.30. The number of nitrogens with one attached hydrogen (secondary N) is 1. The van der Waals surface area contributed by atoms with E-state index >= 15 is 0 Å². The second-order valence-electron chi connectivity index (χ2n) is 7.38. The van der Waals surface area contributed by atoms with Crippen molar-refractivity contribution in [1.29, 1.82) is 0 Å². The third-order valence-electron chi connectivity index (χ3n) is 5.04. The fourth-order valence-electron chi connectivity index (χ4n) is 3.20. The van der Waals surface area contributed by atoms with Gasteiger partial charge in [0.15, 0.2) is 0 Å². The van der Waals surface area contributed by atoms with Gasteiger partial charge < -0.3 is 5.32 Å². The molecule has 0 saturated carbocycles. The van der Waals surface area contributed by atoms with Crippen LogP contribution in [0.4, 0.5) is 5.69 Å². The van der Waals surface area contributed by atoms with Crippen LogP contribution in [-0.4, -0.2) is 26.6 Å². The molecule has 2 atom stereocenters. The number of anilines is 1. The summed E-state index contributed by atoms with van der Waals surface area (Å²) in [4.78, 5) is 12.9. The quantitative estimate of drug-likeness (QED) is 0.760. The molecule has 0 aliphatic heterocycles. The minimum absolute atomic E-state index is 0.173. The van der Waals surface area contributed by atoms with Crippen LogP contribution in [0.2, 0.25) is 0 Å². The molecule has 1 amide bonds. The zero-order chi connectivity index (χ0) is 21.1. The first-order valence-electron chi connectivity index (χ1n) is 9.48. The van der Waals surface area contributed by atoms with Crippen LogP contribution in [-0.2, 0) is 14.8 Å². The summed E-state index contributed by atoms with van der Waals surface area (Å²) in [6.45, 7) is 9.63. The highest BCUT2D eigenvalue weighted by molar-refractivity contribution is 7.92. The van der Waals surface area contributed by atoms with Gasteiger partial charge in [0.2, 0.25) is 15.9 Å². The van der Waals surface area contributed by atoms with Gasteiger partial charge in [0.05, 0.1) is 18.0 Å². The summed E-state index contributed by atoms with van der Waals surface area (Å²) in [5.74, 6) is -0.323. The molecular weight excluding hydrogens is 372 g/mol. The van der Waals surface area contributed by atoms with Gasteiger partial charge in [-0.2, -0.15) is 0 Å². The predicted octanol–water partition coefficient (Wildman–Crippen LogP) is 4.03. The van der Waals surface area contributed by atoms with Crippen LogP contribution in [0.25, 0.3) is 0 Å². The SMILES string of the molecule is CC[C@@H](NC(=O)[C@@H](C)N(c1ccc(C)cc1)S(C)(=O)=O)c1ccc(C)c(C)c1. The number of aryl methyl sites for hydroxylation is 3. The molecule has 6 heteroatoms. The number of carbonyl (C=O) groups is 1. The molecular formula is C22H30N2O3S. The Hall–Kier alpha value is -2.34. The van der Waals surface area contributed by atoms with Crippen molar-refractivity contribution in [3.8, 4) is 0 Å². The first kappa shape index (κ1) is 22.0. The Labute approximate surface area is 168 Å². The summed E-state index contributed by atoms with van der Waals surface area (Å²) >= 11 is 0. The highest BCUT2D eigenvalue weighted by Crippen LogP contribution is 2.23. The molecule has 28 heavy (non-hydrogen) atoms. The van der Waals surface area contributed by atoms with Crippen molar-refractivity contribution >= 4 is 21.6 Å². The van der Waals surface area contributed by atoms with E-state index in [9.17, 15) is 13.2 Å². The van der Waals surface area contributed by atoms with Crippen molar-refractivity contribution in [3.63, 3.8) is 0 Å². The molecule has 2 aromatic carbocycles. The summed E-state index contributed by atoms with van der Waals surface area (Å²) in [5.41, 5.74) is 4.88. The monoisotopic (exact) mass is 402 g/mol. The molecule has 0 fully saturated rings. The molecule has 0 aliphatic carbocycles. The van der Waals surface area contributed by atoms with Crippen molar-refractivity contribution in [2.24, 2.45) is 0 Å². The smallest absolute Gasteiger partial charge is 0.244 e. The number of rotatable bonds is 7. The topological polar surface area (TPSA) is 66.5 Å². The zero-order valence-electron chi connectivity index (χ0n) is 17.5. The Morgan fingerprint density at radius 1 is 1.04 bits per heavy atom. The predicted molar refractivity (Wildman–Crippen MR) is 115 cm³/mol. The number of hydrogen-bond donors (Lipinski definition) is 1. The fraction of sp³-hybridized carbons (Fsp3) is 0.409. The maximum atomic E-state index is 12.9. The minimum Gasteiger partial charge on any atom is -0.347 e. The first-order valence-corrected chi connectivity index (χ1v) is 11.3. The highest BCUT2D eigenvalue weighted by atomic mass is 32.2. The standard InChI is InChI=1S/C22H30N2O3S/c1-7-21(19-11-10-16(3)17(4)14-19)23-22(25)18(5)24(28(6,26)27)20-12-8-15(2)9-13-20/h8-14,18,21H,7H2,1-6H3,(H,23,25)/t18-,21-/m1/s1. The number of carbonyl (C=O) groups excluding carboxylic acids is 1. The molecule has 1 N–H and O–H groups in total. The van der Waals surface area contributed by atoms with Gasteiger partial charge in [-0.25, -0.2) is 8.42 Å². The Morgan fingerprint density at radius 3 is 2.14 bits per heavy atom. The molecule has 2 rings (SSSR count). The van der Waals surface area contributed by atoms with E-state index in [0.717, 1.165) is 22.9 Å². The van der Waals surface area contributed by atoms with Gasteiger partial charge in [0, 0.05) is 0 Å². The Bertz CT molecular complexity index is 937. The molecule has 0 heterocycles. The normalized spacial score (nSPS) is 13.6. The van der Waals surface area contributed by atoms with E-state index in [1.807, 2.05) is 52.0 Å². The van der Waals surface area contributed by atoms with Gasteiger partial charge in [0.25, 0.3) is 0 Å². The maximum absolute atomic E-state index is 12.9. The lowest BCUT2D eigenvalue weighted by Crippen LogP contribution is -2.48. The molecule has 0 saturated heterocycles. The molecule has 0 aliphatic rings. The van der Waals surface area contributed by atoms with Gasteiger partial charge in [0.1, 0.15) is 6.04 Å². The molecule has 2 aromatic rings. The van der Waals surface area contributed by atoms with Crippen molar-refractivity contribution in [3.05, 3.63) is 64.7 Å². The Balaban J connectivity index is 2.28. The summed E-state index contributed by atoms with van der Waals surface area (Å²) in [6.07, 6.45) is 1.83. The van der Waals surface area contributed by atoms with E-state index in [1.165, 1.54) is 9.87 Å². The number of sulfonamides is 1. The zero-order valence-corrected chi connectivity index (χ0v) is 18.3. The van der Waals surface area contributed by atoms with E-state index in [2.05, 4.69) is 11.4 Å². The Kier molecular flexibility index (Phi) is 6.88. The lowest BCUT2D eigenvalue weighted by Gasteiger charge is -2.30. The van der Waals surface area contributed by atoms with Crippen molar-refractivity contribution in [1.82, 2.24) is 5.32 Å². The second-order valence-corrected chi connectivity index (χ2v) is 9.24. The van der Waals surface area contributed by atoms with Crippen molar-refractivity contribution < 1.29 is 13.2 Å².